The van der Waals surface area contributed by atoms with E-state index in [0.717, 1.165) is 15.7 Å². The molecule has 0 aromatic heterocycles. The minimum Gasteiger partial charge on any atom is -0.328 e. The molecule has 0 fully saturated rings. The SMILES string of the molecule is Cc1cc(NC(=O)CCC(C)N)ccc1Br. The molecule has 0 heterocycles. The molecule has 1 aromatic carbocycles. The Morgan fingerprint density at radius 2 is 2.25 bits per heavy atom. The molecule has 1 aromatic rings. The minimum absolute atomic E-state index is 0.0130. The summed E-state index contributed by atoms with van der Waals surface area (Å²) in [6.07, 6.45) is 1.17. The Bertz CT molecular complexity index is 377. The van der Waals surface area contributed by atoms with E-state index in [1.165, 1.54) is 0 Å². The van der Waals surface area contributed by atoms with Crippen molar-refractivity contribution in [1.82, 2.24) is 0 Å². The van der Waals surface area contributed by atoms with Gasteiger partial charge in [0.2, 0.25) is 5.91 Å². The van der Waals surface area contributed by atoms with Gasteiger partial charge in [0.15, 0.2) is 0 Å². The van der Waals surface area contributed by atoms with Crippen molar-refractivity contribution < 1.29 is 4.79 Å². The molecule has 3 N–H and O–H groups in total. The van der Waals surface area contributed by atoms with Crippen LogP contribution < -0.4 is 11.1 Å². The maximum Gasteiger partial charge on any atom is 0.224 e. The van der Waals surface area contributed by atoms with Crippen LogP contribution in [0, 0.1) is 6.92 Å². The van der Waals surface area contributed by atoms with E-state index in [1.807, 2.05) is 32.0 Å². The summed E-state index contributed by atoms with van der Waals surface area (Å²) in [4.78, 5) is 11.5. The maximum absolute atomic E-state index is 11.5. The molecule has 0 radical (unpaired) electrons. The van der Waals surface area contributed by atoms with Crippen LogP contribution in [-0.4, -0.2) is 11.9 Å². The number of benzene rings is 1. The zero-order valence-electron chi connectivity index (χ0n) is 9.59. The van der Waals surface area contributed by atoms with Gasteiger partial charge >= 0.3 is 0 Å². The van der Waals surface area contributed by atoms with Gasteiger partial charge in [-0.1, -0.05) is 15.9 Å². The number of carbonyl (C=O) groups excluding carboxylic acids is 1. The van der Waals surface area contributed by atoms with Crippen LogP contribution in [-0.2, 0) is 4.79 Å². The Balaban J connectivity index is 2.53. The summed E-state index contributed by atoms with van der Waals surface area (Å²) in [6.45, 7) is 3.89. The molecule has 1 unspecified atom stereocenters. The first-order valence-corrected chi connectivity index (χ1v) is 6.10. The van der Waals surface area contributed by atoms with Gasteiger partial charge < -0.3 is 11.1 Å². The van der Waals surface area contributed by atoms with E-state index in [-0.39, 0.29) is 11.9 Å². The number of nitrogens with two attached hydrogens (primary N) is 1. The van der Waals surface area contributed by atoms with Crippen LogP contribution in [0.3, 0.4) is 0 Å². The lowest BCUT2D eigenvalue weighted by Gasteiger charge is -2.08. The second-order valence-electron chi connectivity index (χ2n) is 4.03. The van der Waals surface area contributed by atoms with E-state index < -0.39 is 0 Å². The molecule has 1 rings (SSSR count). The van der Waals surface area contributed by atoms with Gasteiger partial charge in [-0.2, -0.15) is 0 Å². The van der Waals surface area contributed by atoms with Crippen molar-refractivity contribution in [2.24, 2.45) is 5.73 Å². The largest absolute Gasteiger partial charge is 0.328 e. The predicted molar refractivity (Wildman–Crippen MR) is 70.4 cm³/mol. The lowest BCUT2D eigenvalue weighted by molar-refractivity contribution is -0.116. The Hall–Kier alpha value is -0.870. The third kappa shape index (κ3) is 4.33. The summed E-state index contributed by atoms with van der Waals surface area (Å²) in [5, 5.41) is 2.85. The molecule has 4 heteroatoms. The maximum atomic E-state index is 11.5. The zero-order valence-corrected chi connectivity index (χ0v) is 11.2. The third-order valence-electron chi connectivity index (χ3n) is 2.27. The van der Waals surface area contributed by atoms with E-state index in [1.54, 1.807) is 0 Å². The van der Waals surface area contributed by atoms with Crippen LogP contribution >= 0.6 is 15.9 Å². The summed E-state index contributed by atoms with van der Waals surface area (Å²) >= 11 is 3.42. The molecule has 0 aliphatic rings. The Morgan fingerprint density at radius 1 is 1.56 bits per heavy atom. The molecular formula is C12H17BrN2O. The van der Waals surface area contributed by atoms with Gasteiger partial charge in [0, 0.05) is 22.6 Å². The first-order chi connectivity index (χ1) is 7.49. The number of hydrogen-bond donors (Lipinski definition) is 2. The van der Waals surface area contributed by atoms with Gasteiger partial charge in [0.05, 0.1) is 0 Å². The van der Waals surface area contributed by atoms with Crippen molar-refractivity contribution in [3.63, 3.8) is 0 Å². The number of halogens is 1. The summed E-state index contributed by atoms with van der Waals surface area (Å²) in [6, 6.07) is 5.81. The van der Waals surface area contributed by atoms with Gasteiger partial charge in [-0.25, -0.2) is 0 Å². The van der Waals surface area contributed by atoms with Crippen LogP contribution in [0.1, 0.15) is 25.3 Å². The molecule has 0 saturated heterocycles. The van der Waals surface area contributed by atoms with Gasteiger partial charge in [-0.05, 0) is 44.0 Å². The lowest BCUT2D eigenvalue weighted by atomic mass is 10.2. The van der Waals surface area contributed by atoms with Crippen molar-refractivity contribution in [2.45, 2.75) is 32.7 Å². The summed E-state index contributed by atoms with van der Waals surface area (Å²) in [5.74, 6) is 0.0130. The molecule has 88 valence electrons. The van der Waals surface area contributed by atoms with E-state index in [4.69, 9.17) is 5.73 Å². The van der Waals surface area contributed by atoms with Crippen molar-refractivity contribution in [3.8, 4) is 0 Å². The first-order valence-electron chi connectivity index (χ1n) is 5.30. The zero-order chi connectivity index (χ0) is 12.1. The number of rotatable bonds is 4. The molecule has 0 bridgehead atoms. The highest BCUT2D eigenvalue weighted by Gasteiger charge is 2.04. The first kappa shape index (κ1) is 13.2. The van der Waals surface area contributed by atoms with Gasteiger partial charge in [-0.15, -0.1) is 0 Å². The van der Waals surface area contributed by atoms with E-state index in [2.05, 4.69) is 21.2 Å². The summed E-state index contributed by atoms with van der Waals surface area (Å²) in [7, 11) is 0. The molecule has 3 nitrogen and oxygen atoms in total. The van der Waals surface area contributed by atoms with Crippen LogP contribution in [0.5, 0.6) is 0 Å². The molecule has 0 aliphatic carbocycles. The van der Waals surface area contributed by atoms with E-state index in [9.17, 15) is 4.79 Å². The van der Waals surface area contributed by atoms with Gasteiger partial charge in [-0.3, -0.25) is 4.79 Å². The number of anilines is 1. The number of carbonyl (C=O) groups is 1. The molecule has 1 amide bonds. The molecule has 0 spiro atoms. The lowest BCUT2D eigenvalue weighted by Crippen LogP contribution is -2.19. The van der Waals surface area contributed by atoms with Gasteiger partial charge in [0.25, 0.3) is 0 Å². The fourth-order valence-corrected chi connectivity index (χ4v) is 1.55. The van der Waals surface area contributed by atoms with Crippen LogP contribution in [0.15, 0.2) is 22.7 Å². The second-order valence-corrected chi connectivity index (χ2v) is 4.88. The number of hydrogen-bond acceptors (Lipinski definition) is 2. The van der Waals surface area contributed by atoms with Crippen LogP contribution in [0.25, 0.3) is 0 Å². The smallest absolute Gasteiger partial charge is 0.224 e. The van der Waals surface area contributed by atoms with Crippen molar-refractivity contribution in [2.75, 3.05) is 5.32 Å². The molecule has 1 atom stereocenters. The average molecular weight is 285 g/mol. The quantitative estimate of drug-likeness (QED) is 0.893. The summed E-state index contributed by atoms with van der Waals surface area (Å²) in [5.41, 5.74) is 7.52. The molecule has 16 heavy (non-hydrogen) atoms. The molecule has 0 aliphatic heterocycles. The monoisotopic (exact) mass is 284 g/mol. The highest BCUT2D eigenvalue weighted by molar-refractivity contribution is 9.10. The van der Waals surface area contributed by atoms with Gasteiger partial charge in [0.1, 0.15) is 0 Å². The van der Waals surface area contributed by atoms with Crippen molar-refractivity contribution >= 4 is 27.5 Å². The fourth-order valence-electron chi connectivity index (χ4n) is 1.30. The van der Waals surface area contributed by atoms with Crippen molar-refractivity contribution in [3.05, 3.63) is 28.2 Å². The van der Waals surface area contributed by atoms with Crippen LogP contribution in [0.2, 0.25) is 0 Å². The number of aryl methyl sites for hydroxylation is 1. The third-order valence-corrected chi connectivity index (χ3v) is 3.16. The standard InChI is InChI=1S/C12H17BrN2O/c1-8-7-10(4-5-11(8)13)15-12(16)6-3-9(2)14/h4-5,7,9H,3,6,14H2,1-2H3,(H,15,16). The highest BCUT2D eigenvalue weighted by Crippen LogP contribution is 2.20. The number of nitrogens with one attached hydrogen (secondary N) is 1. The number of amides is 1. The summed E-state index contributed by atoms with van der Waals surface area (Å²) < 4.78 is 1.04. The predicted octanol–water partition coefficient (Wildman–Crippen LogP) is 2.82. The van der Waals surface area contributed by atoms with Crippen LogP contribution in [0.4, 0.5) is 5.69 Å². The molecule has 0 saturated carbocycles. The second kappa shape index (κ2) is 6.01. The Morgan fingerprint density at radius 3 is 2.81 bits per heavy atom. The minimum atomic E-state index is 0.0130. The van der Waals surface area contributed by atoms with E-state index >= 15 is 0 Å². The van der Waals surface area contributed by atoms with Crippen molar-refractivity contribution in [1.29, 1.82) is 0 Å². The highest BCUT2D eigenvalue weighted by atomic mass is 79.9. The average Bonchev–Trinajstić information content (AvgIpc) is 2.21. The fraction of sp³-hybridized carbons (Fsp3) is 0.417. The Labute approximate surface area is 105 Å². The Kier molecular flexibility index (Phi) is 4.96. The van der Waals surface area contributed by atoms with E-state index in [0.29, 0.717) is 12.8 Å². The molecular weight excluding hydrogens is 268 g/mol. The normalized spacial score (nSPS) is 12.2. The topological polar surface area (TPSA) is 55.1 Å².